The molecule has 0 saturated heterocycles. The molecule has 5 rings (SSSR count). The SMILES string of the molecule is CCN(CC)S(=O)(=O)c1cccc(-c2nn(-c3ccccc3)cc2/C=C2/C(=O)N(C(C)c3ccccc3)C(=O)C(C#N)=C2C)c1. The van der Waals surface area contributed by atoms with Crippen molar-refractivity contribution in [3.8, 4) is 23.0 Å². The lowest BCUT2D eigenvalue weighted by atomic mass is 9.91. The first-order valence-corrected chi connectivity index (χ1v) is 16.1. The lowest BCUT2D eigenvalue weighted by Gasteiger charge is -2.32. The number of para-hydroxylation sites is 1. The van der Waals surface area contributed by atoms with Gasteiger partial charge in [0.1, 0.15) is 17.3 Å². The van der Waals surface area contributed by atoms with Crippen molar-refractivity contribution in [1.82, 2.24) is 19.0 Å². The van der Waals surface area contributed by atoms with Crippen molar-refractivity contribution in [3.63, 3.8) is 0 Å². The summed E-state index contributed by atoms with van der Waals surface area (Å²) in [6.45, 7) is 7.57. The lowest BCUT2D eigenvalue weighted by Crippen LogP contribution is -2.44. The number of benzene rings is 3. The number of amides is 2. The molecule has 45 heavy (non-hydrogen) atoms. The Labute approximate surface area is 263 Å². The number of rotatable bonds is 9. The zero-order chi connectivity index (χ0) is 32.3. The van der Waals surface area contributed by atoms with Gasteiger partial charge in [-0.1, -0.05) is 74.5 Å². The minimum Gasteiger partial charge on any atom is -0.269 e. The van der Waals surface area contributed by atoms with Gasteiger partial charge in [-0.15, -0.1) is 0 Å². The summed E-state index contributed by atoms with van der Waals surface area (Å²) in [5.74, 6) is -1.19. The fourth-order valence-electron chi connectivity index (χ4n) is 5.43. The number of carbonyl (C=O) groups is 2. The van der Waals surface area contributed by atoms with E-state index in [9.17, 15) is 23.3 Å². The molecule has 1 aliphatic rings. The van der Waals surface area contributed by atoms with Crippen molar-refractivity contribution in [2.75, 3.05) is 13.1 Å². The Hall–Kier alpha value is -5.11. The summed E-state index contributed by atoms with van der Waals surface area (Å²) in [6.07, 6.45) is 3.37. The van der Waals surface area contributed by atoms with E-state index in [1.54, 1.807) is 68.9 Å². The average Bonchev–Trinajstić information content (AvgIpc) is 3.48. The van der Waals surface area contributed by atoms with Crippen molar-refractivity contribution >= 4 is 27.9 Å². The molecule has 0 aliphatic carbocycles. The van der Waals surface area contributed by atoms with Crippen LogP contribution in [-0.2, 0) is 19.6 Å². The Morgan fingerprint density at radius 1 is 0.933 bits per heavy atom. The maximum atomic E-state index is 14.1. The summed E-state index contributed by atoms with van der Waals surface area (Å²) < 4.78 is 29.8. The predicted molar refractivity (Wildman–Crippen MR) is 172 cm³/mol. The van der Waals surface area contributed by atoms with Crippen LogP contribution >= 0.6 is 0 Å². The van der Waals surface area contributed by atoms with Gasteiger partial charge >= 0.3 is 0 Å². The molecule has 10 heteroatoms. The van der Waals surface area contributed by atoms with Crippen molar-refractivity contribution in [2.45, 2.75) is 38.6 Å². The second-order valence-corrected chi connectivity index (χ2v) is 12.5. The molecule has 1 aliphatic heterocycles. The second kappa shape index (κ2) is 12.9. The molecule has 2 amide bonds. The lowest BCUT2D eigenvalue weighted by molar-refractivity contribution is -0.143. The molecular weight excluding hydrogens is 586 g/mol. The third-order valence-corrected chi connectivity index (χ3v) is 10.0. The summed E-state index contributed by atoms with van der Waals surface area (Å²) in [7, 11) is -3.75. The van der Waals surface area contributed by atoms with Gasteiger partial charge in [0, 0.05) is 36.0 Å². The molecule has 0 fully saturated rings. The largest absolute Gasteiger partial charge is 0.272 e. The molecular formula is C35H33N5O4S. The first-order valence-electron chi connectivity index (χ1n) is 14.6. The second-order valence-electron chi connectivity index (χ2n) is 10.6. The number of nitrogens with zero attached hydrogens (tertiary/aromatic N) is 5. The summed E-state index contributed by atoms with van der Waals surface area (Å²) in [5.41, 5.74) is 3.30. The molecule has 3 aromatic carbocycles. The molecule has 9 nitrogen and oxygen atoms in total. The van der Waals surface area contributed by atoms with E-state index in [0.29, 0.717) is 29.9 Å². The third-order valence-electron chi connectivity index (χ3n) is 7.96. The van der Waals surface area contributed by atoms with E-state index in [4.69, 9.17) is 5.10 Å². The standard InChI is InChI=1S/C35H33N5O4S/c1-5-38(6-2)45(43,44)30-19-13-16-27(20-30)33-28(23-39(37-33)29-17-11-8-12-18-29)21-31-24(3)32(22-36)35(42)40(34(31)41)25(4)26-14-9-7-10-15-26/h7-21,23,25H,5-6H2,1-4H3/b31-21+. The predicted octanol–water partition coefficient (Wildman–Crippen LogP) is 5.92. The highest BCUT2D eigenvalue weighted by Crippen LogP contribution is 2.35. The molecule has 4 aromatic rings. The molecule has 0 N–H and O–H groups in total. The van der Waals surface area contributed by atoms with Crippen molar-refractivity contribution in [3.05, 3.63) is 119 Å². The number of carbonyl (C=O) groups excluding carboxylic acids is 2. The van der Waals surface area contributed by atoms with Crippen LogP contribution in [0.1, 0.15) is 44.9 Å². The highest BCUT2D eigenvalue weighted by atomic mass is 32.2. The van der Waals surface area contributed by atoms with Crippen LogP contribution in [0.2, 0.25) is 0 Å². The van der Waals surface area contributed by atoms with E-state index in [1.807, 2.05) is 66.7 Å². The molecule has 228 valence electrons. The highest BCUT2D eigenvalue weighted by Gasteiger charge is 2.39. The third kappa shape index (κ3) is 5.88. The number of aromatic nitrogens is 2. The summed E-state index contributed by atoms with van der Waals surface area (Å²) >= 11 is 0. The monoisotopic (exact) mass is 619 g/mol. The van der Waals surface area contributed by atoms with Crippen LogP contribution in [0.5, 0.6) is 0 Å². The molecule has 1 atom stereocenters. The fraction of sp³-hybridized carbons (Fsp3) is 0.200. The summed E-state index contributed by atoms with van der Waals surface area (Å²) in [5, 5.41) is 14.8. The van der Waals surface area contributed by atoms with E-state index in [-0.39, 0.29) is 21.6 Å². The van der Waals surface area contributed by atoms with Crippen LogP contribution in [0, 0.1) is 11.3 Å². The minimum atomic E-state index is -3.75. The topological polar surface area (TPSA) is 116 Å². The highest BCUT2D eigenvalue weighted by molar-refractivity contribution is 7.89. The van der Waals surface area contributed by atoms with Crippen LogP contribution < -0.4 is 0 Å². The van der Waals surface area contributed by atoms with Gasteiger partial charge in [-0.3, -0.25) is 14.5 Å². The van der Waals surface area contributed by atoms with Gasteiger partial charge in [0.2, 0.25) is 10.0 Å². The quantitative estimate of drug-likeness (QED) is 0.170. The first-order chi connectivity index (χ1) is 21.6. The van der Waals surface area contributed by atoms with Crippen LogP contribution in [0.25, 0.3) is 23.0 Å². The molecule has 1 aromatic heterocycles. The Morgan fingerprint density at radius 3 is 2.20 bits per heavy atom. The fourth-order valence-corrected chi connectivity index (χ4v) is 6.94. The van der Waals surface area contributed by atoms with Crippen molar-refractivity contribution in [1.29, 1.82) is 5.26 Å². The number of imide groups is 1. The van der Waals surface area contributed by atoms with Gasteiger partial charge in [-0.05, 0) is 55.3 Å². The Balaban J connectivity index is 1.70. The number of hydrogen-bond acceptors (Lipinski definition) is 6. The van der Waals surface area contributed by atoms with Crippen LogP contribution in [0.15, 0.2) is 113 Å². The Morgan fingerprint density at radius 2 is 1.58 bits per heavy atom. The van der Waals surface area contributed by atoms with Crippen LogP contribution in [-0.4, -0.2) is 52.3 Å². The summed E-state index contributed by atoms with van der Waals surface area (Å²) in [4.78, 5) is 28.7. The van der Waals surface area contributed by atoms with Gasteiger partial charge in [0.15, 0.2) is 0 Å². The van der Waals surface area contributed by atoms with Gasteiger partial charge in [0.05, 0.1) is 16.6 Å². The maximum absolute atomic E-state index is 14.1. The van der Waals surface area contributed by atoms with E-state index in [1.165, 1.54) is 4.31 Å². The molecule has 0 radical (unpaired) electrons. The van der Waals surface area contributed by atoms with E-state index in [2.05, 4.69) is 0 Å². The van der Waals surface area contributed by atoms with E-state index < -0.39 is 27.9 Å². The Bertz CT molecular complexity index is 1970. The number of sulfonamides is 1. The van der Waals surface area contributed by atoms with Crippen molar-refractivity contribution < 1.29 is 18.0 Å². The molecule has 0 bridgehead atoms. The normalized spacial score (nSPS) is 15.6. The van der Waals surface area contributed by atoms with Gasteiger partial charge in [-0.2, -0.15) is 14.7 Å². The number of hydrogen-bond donors (Lipinski definition) is 0. The molecule has 0 spiro atoms. The maximum Gasteiger partial charge on any atom is 0.272 e. The van der Waals surface area contributed by atoms with Gasteiger partial charge in [0.25, 0.3) is 11.8 Å². The minimum absolute atomic E-state index is 0.118. The molecule has 0 saturated carbocycles. The molecule has 1 unspecified atom stereocenters. The first kappa shape index (κ1) is 31.3. The van der Waals surface area contributed by atoms with Crippen LogP contribution in [0.3, 0.4) is 0 Å². The smallest absolute Gasteiger partial charge is 0.269 e. The summed E-state index contributed by atoms with van der Waals surface area (Å²) in [6, 6.07) is 26.5. The average molecular weight is 620 g/mol. The van der Waals surface area contributed by atoms with Crippen molar-refractivity contribution in [2.24, 2.45) is 0 Å². The number of nitriles is 1. The Kier molecular flexibility index (Phi) is 8.95. The van der Waals surface area contributed by atoms with Gasteiger partial charge < -0.3 is 0 Å². The zero-order valence-corrected chi connectivity index (χ0v) is 26.3. The zero-order valence-electron chi connectivity index (χ0n) is 25.5. The van der Waals surface area contributed by atoms with Crippen LogP contribution in [0.4, 0.5) is 0 Å². The molecule has 2 heterocycles. The van der Waals surface area contributed by atoms with E-state index >= 15 is 0 Å². The van der Waals surface area contributed by atoms with Gasteiger partial charge in [-0.25, -0.2) is 13.1 Å². The van der Waals surface area contributed by atoms with E-state index in [0.717, 1.165) is 16.2 Å².